The fourth-order valence-corrected chi connectivity index (χ4v) is 4.05. The highest BCUT2D eigenvalue weighted by Crippen LogP contribution is 2.40. The first-order valence-electron chi connectivity index (χ1n) is 11.3. The molecule has 2 aromatic rings. The quantitative estimate of drug-likeness (QED) is 0.623. The van der Waals surface area contributed by atoms with Gasteiger partial charge in [-0.15, -0.1) is 0 Å². The van der Waals surface area contributed by atoms with Crippen LogP contribution in [0.1, 0.15) is 38.3 Å². The number of hydrogen-bond acceptors (Lipinski definition) is 6. The van der Waals surface area contributed by atoms with E-state index in [0.717, 1.165) is 36.0 Å². The molecule has 1 aromatic heterocycles. The van der Waals surface area contributed by atoms with E-state index in [4.69, 9.17) is 10.5 Å². The van der Waals surface area contributed by atoms with Crippen LogP contribution in [0.4, 0.5) is 0 Å². The molecule has 0 radical (unpaired) electrons. The summed E-state index contributed by atoms with van der Waals surface area (Å²) in [4.78, 5) is 20.9. The molecule has 2 aliphatic carbocycles. The lowest BCUT2D eigenvalue weighted by Gasteiger charge is -2.35. The average Bonchev–Trinajstić information content (AvgIpc) is 3.68. The number of H-pyrrole nitrogens is 1. The Morgan fingerprint density at radius 2 is 2.22 bits per heavy atom. The number of aromatic nitrogens is 2. The molecule has 3 fully saturated rings. The van der Waals surface area contributed by atoms with Crippen molar-refractivity contribution in [2.75, 3.05) is 26.2 Å². The van der Waals surface area contributed by atoms with E-state index in [2.05, 4.69) is 28.7 Å². The topological polar surface area (TPSA) is 99.8 Å². The number of ether oxygens (including phenoxy) is 1. The third kappa shape index (κ3) is 4.35. The van der Waals surface area contributed by atoms with Crippen LogP contribution in [0.15, 0.2) is 47.9 Å². The van der Waals surface area contributed by atoms with Crippen LogP contribution in [0, 0.1) is 5.92 Å². The summed E-state index contributed by atoms with van der Waals surface area (Å²) in [5.41, 5.74) is 8.50. The Kier molecular flexibility index (Phi) is 5.15. The van der Waals surface area contributed by atoms with Gasteiger partial charge in [0, 0.05) is 37.3 Å². The second-order valence-electron chi connectivity index (χ2n) is 9.30. The van der Waals surface area contributed by atoms with Crippen molar-refractivity contribution in [3.05, 3.63) is 48.6 Å². The molecule has 0 bridgehead atoms. The summed E-state index contributed by atoms with van der Waals surface area (Å²) >= 11 is 0. The number of carbonyl (C=O) groups is 1. The zero-order valence-electron chi connectivity index (χ0n) is 18.5. The molecule has 3 N–H and O–H groups in total. The first-order chi connectivity index (χ1) is 15.4. The van der Waals surface area contributed by atoms with Gasteiger partial charge in [-0.25, -0.2) is 0 Å². The highest BCUT2D eigenvalue weighted by Gasteiger charge is 2.40. The number of nitrogens with two attached hydrogens (primary N) is 1. The highest BCUT2D eigenvalue weighted by molar-refractivity contribution is 6.15. The normalized spacial score (nSPS) is 21.2. The summed E-state index contributed by atoms with van der Waals surface area (Å²) in [7, 11) is 0. The number of aliphatic imine (C=N–C) groups is 1. The molecule has 8 heteroatoms. The number of benzene rings is 1. The van der Waals surface area contributed by atoms with Crippen molar-refractivity contribution in [2.24, 2.45) is 16.6 Å². The van der Waals surface area contributed by atoms with Crippen LogP contribution in [-0.2, 0) is 4.79 Å². The standard InChI is InChI=1S/C24H30N6O2/c1-3-26-20(13-21(25)29-10-11-30(22(31)15-29)14-16-4-5-16)23-18-12-17(32-24(2)8-9-24)6-7-19(18)27-28-23/h3,6-7,12-13,16H,1,4-5,8-11,14-15,25H2,2H3,(H,27,28)/b21-13+,26-20+. The van der Waals surface area contributed by atoms with Crippen LogP contribution >= 0.6 is 0 Å². The minimum atomic E-state index is -0.0614. The van der Waals surface area contributed by atoms with Gasteiger partial charge in [0.25, 0.3) is 0 Å². The van der Waals surface area contributed by atoms with Gasteiger partial charge in [-0.05, 0) is 56.7 Å². The molecular weight excluding hydrogens is 404 g/mol. The van der Waals surface area contributed by atoms with Crippen molar-refractivity contribution in [3.63, 3.8) is 0 Å². The molecule has 3 aliphatic rings. The number of nitrogens with zero attached hydrogens (tertiary/aromatic N) is 4. The maximum atomic E-state index is 12.6. The molecule has 2 heterocycles. The molecule has 8 nitrogen and oxygen atoms in total. The fourth-order valence-electron chi connectivity index (χ4n) is 4.05. The van der Waals surface area contributed by atoms with Gasteiger partial charge in [-0.1, -0.05) is 6.58 Å². The minimum Gasteiger partial charge on any atom is -0.488 e. The number of hydrogen-bond donors (Lipinski definition) is 2. The van der Waals surface area contributed by atoms with E-state index in [-0.39, 0.29) is 18.1 Å². The predicted molar refractivity (Wildman–Crippen MR) is 124 cm³/mol. The number of aromatic amines is 1. The maximum absolute atomic E-state index is 12.6. The number of piperazine rings is 1. The lowest BCUT2D eigenvalue weighted by atomic mass is 10.1. The average molecular weight is 435 g/mol. The van der Waals surface area contributed by atoms with Crippen LogP contribution in [0.5, 0.6) is 5.75 Å². The second-order valence-corrected chi connectivity index (χ2v) is 9.30. The zero-order valence-corrected chi connectivity index (χ0v) is 18.5. The largest absolute Gasteiger partial charge is 0.488 e. The van der Waals surface area contributed by atoms with Crippen molar-refractivity contribution >= 4 is 22.5 Å². The van der Waals surface area contributed by atoms with Crippen LogP contribution in [-0.4, -0.2) is 63.4 Å². The molecule has 32 heavy (non-hydrogen) atoms. The van der Waals surface area contributed by atoms with Gasteiger partial charge in [-0.3, -0.25) is 14.9 Å². The van der Waals surface area contributed by atoms with Crippen molar-refractivity contribution < 1.29 is 9.53 Å². The summed E-state index contributed by atoms with van der Waals surface area (Å²) < 4.78 is 6.12. The molecule has 0 unspecified atom stereocenters. The van der Waals surface area contributed by atoms with Gasteiger partial charge in [0.05, 0.1) is 17.8 Å². The fraction of sp³-hybridized carbons (Fsp3) is 0.458. The number of carbonyl (C=O) groups excluding carboxylic acids is 1. The van der Waals surface area contributed by atoms with Crippen LogP contribution in [0.25, 0.3) is 10.9 Å². The summed E-state index contributed by atoms with van der Waals surface area (Å²) in [6.45, 7) is 8.43. The number of rotatable bonds is 8. The Bertz CT molecular complexity index is 1110. The summed E-state index contributed by atoms with van der Waals surface area (Å²) in [6, 6.07) is 5.90. The molecule has 1 saturated heterocycles. The molecule has 5 rings (SSSR count). The third-order valence-electron chi connectivity index (χ3n) is 6.47. The zero-order chi connectivity index (χ0) is 22.3. The SMILES string of the molecule is C=C/N=C(\C=C(/N)N1CCN(CC2CC2)C(=O)C1)c1n[nH]c2ccc(OC3(C)CC3)cc12. The lowest BCUT2D eigenvalue weighted by Crippen LogP contribution is -2.51. The van der Waals surface area contributed by atoms with E-state index in [9.17, 15) is 4.79 Å². The van der Waals surface area contributed by atoms with E-state index < -0.39 is 0 Å². The van der Waals surface area contributed by atoms with Gasteiger partial charge in [0.15, 0.2) is 0 Å². The molecular formula is C24H30N6O2. The Morgan fingerprint density at radius 1 is 1.41 bits per heavy atom. The molecule has 1 aliphatic heterocycles. The van der Waals surface area contributed by atoms with Crippen LogP contribution in [0.3, 0.4) is 0 Å². The maximum Gasteiger partial charge on any atom is 0.242 e. The number of fused-ring (bicyclic) bond motifs is 1. The van der Waals surface area contributed by atoms with Crippen LogP contribution < -0.4 is 10.5 Å². The first-order valence-corrected chi connectivity index (χ1v) is 11.3. The molecule has 0 spiro atoms. The Labute approximate surface area is 187 Å². The molecule has 0 atom stereocenters. The summed E-state index contributed by atoms with van der Waals surface area (Å²) in [6.07, 6.45) is 7.86. The third-order valence-corrected chi connectivity index (χ3v) is 6.47. The van der Waals surface area contributed by atoms with Gasteiger partial charge in [0.2, 0.25) is 5.91 Å². The van der Waals surface area contributed by atoms with Crippen molar-refractivity contribution in [1.29, 1.82) is 0 Å². The van der Waals surface area contributed by atoms with E-state index in [1.54, 1.807) is 6.08 Å². The Balaban J connectivity index is 1.37. The Morgan fingerprint density at radius 3 is 2.91 bits per heavy atom. The van der Waals surface area contributed by atoms with E-state index >= 15 is 0 Å². The van der Waals surface area contributed by atoms with E-state index in [0.29, 0.717) is 36.2 Å². The van der Waals surface area contributed by atoms with Crippen molar-refractivity contribution in [3.8, 4) is 5.75 Å². The molecule has 1 aromatic carbocycles. The number of amides is 1. The van der Waals surface area contributed by atoms with Crippen molar-refractivity contribution in [2.45, 2.75) is 38.2 Å². The van der Waals surface area contributed by atoms with Gasteiger partial charge >= 0.3 is 0 Å². The van der Waals surface area contributed by atoms with Gasteiger partial charge in [-0.2, -0.15) is 5.10 Å². The summed E-state index contributed by atoms with van der Waals surface area (Å²) in [5.74, 6) is 2.13. The number of allylic oxidation sites excluding steroid dienone is 1. The monoisotopic (exact) mass is 434 g/mol. The van der Waals surface area contributed by atoms with Gasteiger partial charge in [0.1, 0.15) is 22.9 Å². The predicted octanol–water partition coefficient (Wildman–Crippen LogP) is 2.78. The lowest BCUT2D eigenvalue weighted by molar-refractivity contribution is -0.135. The smallest absolute Gasteiger partial charge is 0.242 e. The molecule has 1 amide bonds. The number of nitrogens with one attached hydrogen (secondary N) is 1. The Hall–Kier alpha value is -3.29. The second kappa shape index (κ2) is 8.00. The van der Waals surface area contributed by atoms with Crippen molar-refractivity contribution in [1.82, 2.24) is 20.0 Å². The molecule has 168 valence electrons. The highest BCUT2D eigenvalue weighted by atomic mass is 16.5. The first kappa shape index (κ1) is 20.6. The van der Waals surface area contributed by atoms with E-state index in [1.165, 1.54) is 19.0 Å². The molecule has 2 saturated carbocycles. The summed E-state index contributed by atoms with van der Waals surface area (Å²) in [5, 5.41) is 8.44. The minimum absolute atomic E-state index is 0.0614. The van der Waals surface area contributed by atoms with Gasteiger partial charge < -0.3 is 20.3 Å². The van der Waals surface area contributed by atoms with E-state index in [1.807, 2.05) is 28.0 Å². The van der Waals surface area contributed by atoms with Crippen LogP contribution in [0.2, 0.25) is 0 Å².